The van der Waals surface area contributed by atoms with Gasteiger partial charge in [-0.3, -0.25) is 0 Å². The Bertz CT molecular complexity index is 386. The Hall–Kier alpha value is -0.530. The molecule has 2 aliphatic carbocycles. The van der Waals surface area contributed by atoms with Crippen LogP contribution < -0.4 is 0 Å². The average molecular weight is 237 g/mol. The van der Waals surface area contributed by atoms with Crippen LogP contribution in [0.4, 0.5) is 0 Å². The predicted molar refractivity (Wildman–Crippen MR) is 65.6 cm³/mol. The van der Waals surface area contributed by atoms with E-state index < -0.39 is 5.60 Å². The topological polar surface area (TPSA) is 20.2 Å². The first-order valence-electron chi connectivity index (χ1n) is 6.12. The summed E-state index contributed by atoms with van der Waals surface area (Å²) in [6.07, 6.45) is 5.58. The molecule has 1 nitrogen and oxygen atoms in total. The lowest BCUT2D eigenvalue weighted by Crippen LogP contribution is -2.37. The lowest BCUT2D eigenvalue weighted by Gasteiger charge is -2.32. The van der Waals surface area contributed by atoms with Crippen LogP contribution in [-0.4, -0.2) is 10.7 Å². The van der Waals surface area contributed by atoms with E-state index in [1.807, 2.05) is 24.3 Å². The van der Waals surface area contributed by atoms with Gasteiger partial charge in [0.1, 0.15) is 0 Å². The fourth-order valence-electron chi connectivity index (χ4n) is 3.59. The van der Waals surface area contributed by atoms with Crippen molar-refractivity contribution in [3.05, 3.63) is 34.9 Å². The number of hydrogen-bond acceptors (Lipinski definition) is 1. The second-order valence-electron chi connectivity index (χ2n) is 5.49. The molecule has 1 aromatic rings. The van der Waals surface area contributed by atoms with E-state index >= 15 is 0 Å². The molecule has 1 N–H and O–H groups in total. The number of aliphatic hydroxyl groups is 1. The Morgan fingerprint density at radius 1 is 1.25 bits per heavy atom. The quantitative estimate of drug-likeness (QED) is 0.834. The maximum Gasteiger partial charge on any atom is 0.0718 e. The molecular formula is C14H17ClO. The van der Waals surface area contributed by atoms with Crippen molar-refractivity contribution in [1.82, 2.24) is 0 Å². The van der Waals surface area contributed by atoms with Crippen LogP contribution in [0.25, 0.3) is 0 Å². The molecule has 0 saturated heterocycles. The molecule has 0 heterocycles. The van der Waals surface area contributed by atoms with E-state index in [1.54, 1.807) is 0 Å². The molecule has 2 heteroatoms. The molecule has 3 atom stereocenters. The highest BCUT2D eigenvalue weighted by atomic mass is 35.5. The van der Waals surface area contributed by atoms with E-state index in [-0.39, 0.29) is 0 Å². The van der Waals surface area contributed by atoms with E-state index in [2.05, 4.69) is 0 Å². The molecule has 3 unspecified atom stereocenters. The van der Waals surface area contributed by atoms with E-state index in [1.165, 1.54) is 24.8 Å². The van der Waals surface area contributed by atoms with Gasteiger partial charge in [-0.05, 0) is 55.2 Å². The molecule has 1 aromatic carbocycles. The zero-order valence-corrected chi connectivity index (χ0v) is 10.1. The Labute approximate surface area is 101 Å². The Kier molecular flexibility index (Phi) is 2.49. The van der Waals surface area contributed by atoms with Crippen LogP contribution in [-0.2, 0) is 6.42 Å². The molecule has 2 saturated carbocycles. The van der Waals surface area contributed by atoms with Gasteiger partial charge in [0.25, 0.3) is 0 Å². The molecule has 0 aromatic heterocycles. The number of halogens is 1. The molecule has 86 valence electrons. The van der Waals surface area contributed by atoms with E-state index in [9.17, 15) is 5.11 Å². The van der Waals surface area contributed by atoms with Crippen molar-refractivity contribution >= 4 is 11.6 Å². The number of hydrogen-bond donors (Lipinski definition) is 1. The van der Waals surface area contributed by atoms with E-state index in [4.69, 9.17) is 11.6 Å². The maximum absolute atomic E-state index is 10.7. The smallest absolute Gasteiger partial charge is 0.0718 e. The highest BCUT2D eigenvalue weighted by molar-refractivity contribution is 6.30. The summed E-state index contributed by atoms with van der Waals surface area (Å²) in [7, 11) is 0. The number of rotatable bonds is 2. The van der Waals surface area contributed by atoms with Gasteiger partial charge in [0.15, 0.2) is 0 Å². The molecule has 0 aliphatic heterocycles. The summed E-state index contributed by atoms with van der Waals surface area (Å²) in [4.78, 5) is 0. The van der Waals surface area contributed by atoms with Crippen LogP contribution in [0, 0.1) is 11.8 Å². The van der Waals surface area contributed by atoms with Gasteiger partial charge in [-0.15, -0.1) is 0 Å². The maximum atomic E-state index is 10.7. The first kappa shape index (κ1) is 10.6. The van der Waals surface area contributed by atoms with Crippen LogP contribution in [0.2, 0.25) is 5.02 Å². The van der Waals surface area contributed by atoms with Crippen molar-refractivity contribution < 1.29 is 5.11 Å². The SMILES string of the molecule is OC1(Cc2ccc(Cl)cc2)CC2CCC1C2. The summed E-state index contributed by atoms with van der Waals surface area (Å²) >= 11 is 5.86. The minimum absolute atomic E-state index is 0.434. The fraction of sp³-hybridized carbons (Fsp3) is 0.571. The summed E-state index contributed by atoms with van der Waals surface area (Å²) in [5.41, 5.74) is 0.774. The number of fused-ring (bicyclic) bond motifs is 2. The van der Waals surface area contributed by atoms with Crippen LogP contribution in [0.3, 0.4) is 0 Å². The molecule has 0 amide bonds. The Balaban J connectivity index is 1.77. The predicted octanol–water partition coefficient (Wildman–Crippen LogP) is 3.43. The Morgan fingerprint density at radius 2 is 2.00 bits per heavy atom. The van der Waals surface area contributed by atoms with Crippen LogP contribution in [0.1, 0.15) is 31.2 Å². The summed E-state index contributed by atoms with van der Waals surface area (Å²) in [5.74, 6) is 1.32. The molecular weight excluding hydrogens is 220 g/mol. The van der Waals surface area contributed by atoms with Crippen LogP contribution in [0.5, 0.6) is 0 Å². The minimum Gasteiger partial charge on any atom is -0.389 e. The van der Waals surface area contributed by atoms with Crippen molar-refractivity contribution in [2.45, 2.75) is 37.7 Å². The highest BCUT2D eigenvalue weighted by Gasteiger charge is 2.49. The van der Waals surface area contributed by atoms with Crippen molar-refractivity contribution in [2.24, 2.45) is 11.8 Å². The third-order valence-electron chi connectivity index (χ3n) is 4.37. The molecule has 2 aliphatic rings. The van der Waals surface area contributed by atoms with Gasteiger partial charge in [-0.25, -0.2) is 0 Å². The first-order valence-corrected chi connectivity index (χ1v) is 6.50. The lowest BCUT2D eigenvalue weighted by molar-refractivity contribution is -0.0125. The van der Waals surface area contributed by atoms with Crippen LogP contribution >= 0.6 is 11.6 Å². The van der Waals surface area contributed by atoms with Gasteiger partial charge in [-0.1, -0.05) is 23.7 Å². The van der Waals surface area contributed by atoms with Gasteiger partial charge < -0.3 is 5.11 Å². The molecule has 2 bridgehead atoms. The lowest BCUT2D eigenvalue weighted by atomic mass is 9.80. The van der Waals surface area contributed by atoms with Gasteiger partial charge >= 0.3 is 0 Å². The normalized spacial score (nSPS) is 36.9. The summed E-state index contributed by atoms with van der Waals surface area (Å²) in [5, 5.41) is 11.4. The molecule has 16 heavy (non-hydrogen) atoms. The van der Waals surface area contributed by atoms with E-state index in [0.717, 1.165) is 23.8 Å². The summed E-state index contributed by atoms with van der Waals surface area (Å²) in [6.45, 7) is 0. The van der Waals surface area contributed by atoms with Crippen LogP contribution in [0.15, 0.2) is 24.3 Å². The standard InChI is InChI=1S/C14H17ClO/c15-13-5-2-10(3-6-13)8-14(16)9-11-1-4-12(14)7-11/h2-3,5-6,11-12,16H,1,4,7-9H2. The largest absolute Gasteiger partial charge is 0.389 e. The van der Waals surface area contributed by atoms with E-state index in [0.29, 0.717) is 5.92 Å². The summed E-state index contributed by atoms with van der Waals surface area (Å²) in [6, 6.07) is 7.89. The zero-order chi connectivity index (χ0) is 11.2. The minimum atomic E-state index is -0.434. The highest BCUT2D eigenvalue weighted by Crippen LogP contribution is 2.51. The second-order valence-corrected chi connectivity index (χ2v) is 5.92. The monoisotopic (exact) mass is 236 g/mol. The van der Waals surface area contributed by atoms with Crippen molar-refractivity contribution in [3.63, 3.8) is 0 Å². The molecule has 0 spiro atoms. The average Bonchev–Trinajstić information content (AvgIpc) is 2.81. The molecule has 0 radical (unpaired) electrons. The number of benzene rings is 1. The second kappa shape index (κ2) is 3.75. The fourth-order valence-corrected chi connectivity index (χ4v) is 3.71. The molecule has 2 fully saturated rings. The third-order valence-corrected chi connectivity index (χ3v) is 4.62. The van der Waals surface area contributed by atoms with Gasteiger partial charge in [-0.2, -0.15) is 0 Å². The molecule has 3 rings (SSSR count). The van der Waals surface area contributed by atoms with Gasteiger partial charge in [0, 0.05) is 11.4 Å². The summed E-state index contributed by atoms with van der Waals surface area (Å²) < 4.78 is 0. The van der Waals surface area contributed by atoms with Gasteiger partial charge in [0.05, 0.1) is 5.60 Å². The van der Waals surface area contributed by atoms with Gasteiger partial charge in [0.2, 0.25) is 0 Å². The Morgan fingerprint density at radius 3 is 2.56 bits per heavy atom. The first-order chi connectivity index (χ1) is 7.66. The van der Waals surface area contributed by atoms with Crippen molar-refractivity contribution in [1.29, 1.82) is 0 Å². The zero-order valence-electron chi connectivity index (χ0n) is 9.32. The van der Waals surface area contributed by atoms with Crippen molar-refractivity contribution in [3.8, 4) is 0 Å². The third kappa shape index (κ3) is 1.76. The van der Waals surface area contributed by atoms with Crippen molar-refractivity contribution in [2.75, 3.05) is 0 Å².